The summed E-state index contributed by atoms with van der Waals surface area (Å²) >= 11 is 0. The van der Waals surface area contributed by atoms with E-state index in [1.54, 1.807) is 6.92 Å². The Hall–Kier alpha value is -3.60. The normalized spacial score (nSPS) is 15.2. The lowest BCUT2D eigenvalue weighted by Gasteiger charge is -2.32. The van der Waals surface area contributed by atoms with E-state index in [0.29, 0.717) is 24.1 Å². The van der Waals surface area contributed by atoms with Crippen LogP contribution in [-0.4, -0.2) is 74.4 Å². The smallest absolute Gasteiger partial charge is 0.407 e. The van der Waals surface area contributed by atoms with Crippen molar-refractivity contribution in [2.24, 2.45) is 0 Å². The van der Waals surface area contributed by atoms with Crippen LogP contribution in [0.15, 0.2) is 28.7 Å². The summed E-state index contributed by atoms with van der Waals surface area (Å²) in [7, 11) is 0. The van der Waals surface area contributed by atoms with E-state index in [2.05, 4.69) is 20.5 Å². The molecule has 1 aliphatic rings. The van der Waals surface area contributed by atoms with Gasteiger partial charge in [-0.05, 0) is 45.7 Å². The summed E-state index contributed by atoms with van der Waals surface area (Å²) in [4.78, 5) is 34.6. The molecule has 1 amide bonds. The van der Waals surface area contributed by atoms with Gasteiger partial charge in [0.05, 0.1) is 17.6 Å². The standard InChI is InChI=1S/C25H34N6O5/c1-16-27-21(22(32)33)20(35-16)15-31-19-8-6-5-7-18(19)29-23(31)28-17-9-12-30(13-10-17)14-11-26-24(34)36-25(2,3)4/h5-8,17H,9-15H2,1-4H3,(H,26,34)(H,28,29)(H,32,33). The van der Waals surface area contributed by atoms with E-state index in [1.165, 1.54) is 0 Å². The maximum absolute atomic E-state index is 11.8. The van der Waals surface area contributed by atoms with Crippen molar-refractivity contribution >= 4 is 29.0 Å². The van der Waals surface area contributed by atoms with Crippen LogP contribution in [0, 0.1) is 6.92 Å². The number of aryl methyl sites for hydroxylation is 1. The second kappa shape index (κ2) is 10.6. The van der Waals surface area contributed by atoms with Gasteiger partial charge in [0.2, 0.25) is 5.95 Å². The van der Waals surface area contributed by atoms with E-state index in [4.69, 9.17) is 14.1 Å². The molecule has 3 aromatic rings. The van der Waals surface area contributed by atoms with Crippen molar-refractivity contribution in [3.63, 3.8) is 0 Å². The molecular formula is C25H34N6O5. The van der Waals surface area contributed by atoms with Gasteiger partial charge in [-0.25, -0.2) is 19.6 Å². The summed E-state index contributed by atoms with van der Waals surface area (Å²) in [6.07, 6.45) is 1.43. The topological polar surface area (TPSA) is 135 Å². The first-order valence-corrected chi connectivity index (χ1v) is 12.2. The molecule has 0 radical (unpaired) electrons. The Morgan fingerprint density at radius 2 is 1.92 bits per heavy atom. The first kappa shape index (κ1) is 25.5. The van der Waals surface area contributed by atoms with Crippen LogP contribution in [0.25, 0.3) is 11.0 Å². The average Bonchev–Trinajstić information content (AvgIpc) is 3.34. The third kappa shape index (κ3) is 6.34. The summed E-state index contributed by atoms with van der Waals surface area (Å²) < 4.78 is 12.8. The van der Waals surface area contributed by atoms with Crippen LogP contribution in [0.5, 0.6) is 0 Å². The first-order chi connectivity index (χ1) is 17.1. The molecule has 11 heteroatoms. The SMILES string of the molecule is Cc1nc(C(=O)O)c(Cn2c(NC3CCN(CCNC(=O)OC(C)(C)C)CC3)nc3ccccc32)o1. The number of carboxylic acids is 1. The molecule has 36 heavy (non-hydrogen) atoms. The highest BCUT2D eigenvalue weighted by Crippen LogP contribution is 2.25. The zero-order valence-corrected chi connectivity index (χ0v) is 21.2. The van der Waals surface area contributed by atoms with E-state index >= 15 is 0 Å². The predicted octanol–water partition coefficient (Wildman–Crippen LogP) is 3.48. The molecule has 3 heterocycles. The van der Waals surface area contributed by atoms with Gasteiger partial charge >= 0.3 is 12.1 Å². The number of nitrogens with zero attached hydrogens (tertiary/aromatic N) is 4. The van der Waals surface area contributed by atoms with Crippen molar-refractivity contribution in [1.29, 1.82) is 0 Å². The number of benzene rings is 1. The number of aromatic carboxylic acids is 1. The number of alkyl carbamates (subject to hydrolysis) is 1. The monoisotopic (exact) mass is 498 g/mol. The summed E-state index contributed by atoms with van der Waals surface area (Å²) in [6, 6.07) is 7.95. The van der Waals surface area contributed by atoms with E-state index in [-0.39, 0.29) is 18.3 Å². The Labute approximate surface area is 209 Å². The molecule has 4 rings (SSSR count). The minimum atomic E-state index is -1.12. The van der Waals surface area contributed by atoms with Gasteiger partial charge < -0.3 is 34.4 Å². The van der Waals surface area contributed by atoms with Crippen LogP contribution in [0.4, 0.5) is 10.7 Å². The number of anilines is 1. The number of carbonyl (C=O) groups excluding carboxylic acids is 1. The summed E-state index contributed by atoms with van der Waals surface area (Å²) in [6.45, 7) is 10.4. The molecule has 1 fully saturated rings. The Balaban J connectivity index is 1.38. The number of aromatic nitrogens is 3. The number of oxazole rings is 1. The van der Waals surface area contributed by atoms with E-state index < -0.39 is 17.7 Å². The summed E-state index contributed by atoms with van der Waals surface area (Å²) in [5.41, 5.74) is 1.12. The van der Waals surface area contributed by atoms with Crippen LogP contribution in [0.3, 0.4) is 0 Å². The minimum Gasteiger partial charge on any atom is -0.476 e. The van der Waals surface area contributed by atoms with Crippen LogP contribution in [0.2, 0.25) is 0 Å². The number of para-hydroxylation sites is 2. The second-order valence-corrected chi connectivity index (χ2v) is 10.0. The van der Waals surface area contributed by atoms with Gasteiger partial charge in [-0.2, -0.15) is 0 Å². The van der Waals surface area contributed by atoms with Gasteiger partial charge in [-0.3, -0.25) is 0 Å². The lowest BCUT2D eigenvalue weighted by molar-refractivity contribution is 0.0519. The molecule has 3 N–H and O–H groups in total. The van der Waals surface area contributed by atoms with Crippen molar-refractivity contribution in [3.05, 3.63) is 41.6 Å². The van der Waals surface area contributed by atoms with Gasteiger partial charge in [0.25, 0.3) is 0 Å². The number of carbonyl (C=O) groups is 2. The number of amides is 1. The minimum absolute atomic E-state index is 0.0791. The number of hydrogen-bond donors (Lipinski definition) is 3. The zero-order valence-electron chi connectivity index (χ0n) is 21.2. The molecule has 0 spiro atoms. The quantitative estimate of drug-likeness (QED) is 0.426. The van der Waals surface area contributed by atoms with Gasteiger partial charge in [0, 0.05) is 39.1 Å². The molecule has 11 nitrogen and oxygen atoms in total. The highest BCUT2D eigenvalue weighted by Gasteiger charge is 2.24. The number of imidazole rings is 1. The predicted molar refractivity (Wildman–Crippen MR) is 134 cm³/mol. The van der Waals surface area contributed by atoms with Gasteiger partial charge in [-0.1, -0.05) is 12.1 Å². The number of rotatable bonds is 8. The van der Waals surface area contributed by atoms with Crippen LogP contribution < -0.4 is 10.6 Å². The molecule has 2 aromatic heterocycles. The Kier molecular flexibility index (Phi) is 7.48. The van der Waals surface area contributed by atoms with Crippen molar-refractivity contribution in [1.82, 2.24) is 24.8 Å². The fraction of sp³-hybridized carbons (Fsp3) is 0.520. The number of carboxylic acid groups (broad SMARTS) is 1. The molecule has 0 aliphatic carbocycles. The first-order valence-electron chi connectivity index (χ1n) is 12.2. The summed E-state index contributed by atoms with van der Waals surface area (Å²) in [5, 5.41) is 15.9. The van der Waals surface area contributed by atoms with Gasteiger partial charge in [-0.15, -0.1) is 0 Å². The van der Waals surface area contributed by atoms with Crippen molar-refractivity contribution < 1.29 is 23.8 Å². The molecule has 0 bridgehead atoms. The molecule has 194 valence electrons. The number of hydrogen-bond acceptors (Lipinski definition) is 8. The summed E-state index contributed by atoms with van der Waals surface area (Å²) in [5.74, 6) is 0.161. The molecule has 1 aromatic carbocycles. The molecule has 1 aliphatic heterocycles. The molecule has 0 atom stereocenters. The second-order valence-electron chi connectivity index (χ2n) is 10.0. The maximum atomic E-state index is 11.8. The van der Waals surface area contributed by atoms with Crippen LogP contribution in [-0.2, 0) is 11.3 Å². The van der Waals surface area contributed by atoms with Gasteiger partial charge in [0.1, 0.15) is 5.60 Å². The van der Waals surface area contributed by atoms with Gasteiger partial charge in [0.15, 0.2) is 17.3 Å². The lowest BCUT2D eigenvalue weighted by atomic mass is 10.1. The largest absolute Gasteiger partial charge is 0.476 e. The Morgan fingerprint density at radius 1 is 1.19 bits per heavy atom. The average molecular weight is 499 g/mol. The molecular weight excluding hydrogens is 464 g/mol. The van der Waals surface area contributed by atoms with Crippen molar-refractivity contribution in [3.8, 4) is 0 Å². The number of ether oxygens (including phenoxy) is 1. The van der Waals surface area contributed by atoms with E-state index in [0.717, 1.165) is 43.5 Å². The molecule has 1 saturated heterocycles. The number of piperidine rings is 1. The van der Waals surface area contributed by atoms with E-state index in [1.807, 2.05) is 49.6 Å². The number of fused-ring (bicyclic) bond motifs is 1. The van der Waals surface area contributed by atoms with Crippen LogP contribution >= 0.6 is 0 Å². The molecule has 0 saturated carbocycles. The Bertz CT molecular complexity index is 1220. The van der Waals surface area contributed by atoms with Crippen molar-refractivity contribution in [2.75, 3.05) is 31.5 Å². The maximum Gasteiger partial charge on any atom is 0.407 e. The number of nitrogens with one attached hydrogen (secondary N) is 2. The fourth-order valence-electron chi connectivity index (χ4n) is 4.35. The van der Waals surface area contributed by atoms with Crippen molar-refractivity contribution in [2.45, 2.75) is 58.7 Å². The van der Waals surface area contributed by atoms with Crippen LogP contribution in [0.1, 0.15) is 55.8 Å². The highest BCUT2D eigenvalue weighted by molar-refractivity contribution is 5.86. The number of likely N-dealkylation sites (tertiary alicyclic amines) is 1. The Morgan fingerprint density at radius 3 is 2.61 bits per heavy atom. The molecule has 0 unspecified atom stereocenters. The highest BCUT2D eigenvalue weighted by atomic mass is 16.6. The third-order valence-corrected chi connectivity index (χ3v) is 5.98. The van der Waals surface area contributed by atoms with E-state index in [9.17, 15) is 14.7 Å². The third-order valence-electron chi connectivity index (χ3n) is 5.98. The zero-order chi connectivity index (χ0) is 25.9. The fourth-order valence-corrected chi connectivity index (χ4v) is 4.35. The lowest BCUT2D eigenvalue weighted by Crippen LogP contribution is -2.43.